The van der Waals surface area contributed by atoms with Crippen LogP contribution in [0.3, 0.4) is 0 Å². The molecule has 1 aromatic heterocycles. The Morgan fingerprint density at radius 2 is 1.48 bits per heavy atom. The van der Waals surface area contributed by atoms with E-state index in [1.807, 2.05) is 0 Å². The molecule has 0 bridgehead atoms. The number of rotatable bonds is 6. The first kappa shape index (κ1) is 32.8. The van der Waals surface area contributed by atoms with E-state index in [0.29, 0.717) is 0 Å². The third kappa shape index (κ3) is 5.77. The molecular formula is C27H26O19. The minimum absolute atomic E-state index is 0.110. The van der Waals surface area contributed by atoms with Crippen molar-refractivity contribution in [3.05, 3.63) is 46.6 Å². The number of phenols is 3. The van der Waals surface area contributed by atoms with Crippen molar-refractivity contribution in [2.24, 2.45) is 0 Å². The lowest BCUT2D eigenvalue weighted by molar-refractivity contribution is -0.372. The Morgan fingerprint density at radius 3 is 2.13 bits per heavy atom. The van der Waals surface area contributed by atoms with E-state index in [-0.39, 0.29) is 28.0 Å². The molecular weight excluding hydrogens is 628 g/mol. The number of ether oxygens (including phenoxy) is 4. The van der Waals surface area contributed by atoms with Gasteiger partial charge >= 0.3 is 11.9 Å². The van der Waals surface area contributed by atoms with Gasteiger partial charge in [0.15, 0.2) is 23.0 Å². The van der Waals surface area contributed by atoms with Crippen LogP contribution in [0.5, 0.6) is 23.0 Å². The predicted molar refractivity (Wildman–Crippen MR) is 142 cm³/mol. The molecule has 19 nitrogen and oxygen atoms in total. The third-order valence-corrected chi connectivity index (χ3v) is 7.25. The molecule has 5 rings (SSSR count). The summed E-state index contributed by atoms with van der Waals surface area (Å²) in [6, 6.07) is 6.50. The number of carboxylic acid groups (broad SMARTS) is 1. The molecule has 46 heavy (non-hydrogen) atoms. The minimum atomic E-state index is -3.51. The van der Waals surface area contributed by atoms with Gasteiger partial charge in [-0.2, -0.15) is 0 Å². The number of aliphatic hydroxyl groups is 7. The number of carbonyl (C=O) groups excluding carboxylic acids is 1. The molecule has 19 heteroatoms. The number of carbonyl (C=O) groups is 2. The number of fused-ring (bicyclic) bond motifs is 1. The average Bonchev–Trinajstić information content (AvgIpc) is 2.98. The molecule has 0 saturated carbocycles. The number of aliphatic carboxylic acids is 1. The molecule has 0 aliphatic carbocycles. The van der Waals surface area contributed by atoms with Crippen LogP contribution in [-0.4, -0.2) is 129 Å². The van der Waals surface area contributed by atoms with Crippen molar-refractivity contribution in [2.45, 2.75) is 61.1 Å². The Labute approximate surface area is 254 Å². The molecule has 248 valence electrons. The van der Waals surface area contributed by atoms with Gasteiger partial charge in [-0.3, -0.25) is 4.79 Å². The van der Waals surface area contributed by atoms with Crippen LogP contribution in [0.2, 0.25) is 0 Å². The number of carboxylic acids is 1. The van der Waals surface area contributed by atoms with Gasteiger partial charge in [-0.15, -0.1) is 0 Å². The molecule has 0 amide bonds. The monoisotopic (exact) mass is 654 g/mol. The molecule has 11 N–H and O–H groups in total. The van der Waals surface area contributed by atoms with Gasteiger partial charge in [0.05, 0.1) is 0 Å². The summed E-state index contributed by atoms with van der Waals surface area (Å²) in [7, 11) is 0. The number of aromatic hydroxyl groups is 3. The molecule has 3 aromatic rings. The summed E-state index contributed by atoms with van der Waals surface area (Å²) in [6.45, 7) is 0. The number of hydrogen-bond acceptors (Lipinski definition) is 18. The molecule has 2 aliphatic heterocycles. The minimum Gasteiger partial charge on any atom is -0.507 e. The second kappa shape index (κ2) is 12.0. The summed E-state index contributed by atoms with van der Waals surface area (Å²) in [6.07, 6.45) is -20.8. The lowest BCUT2D eigenvalue weighted by Gasteiger charge is -2.43. The maximum atomic E-state index is 12.9. The molecule has 0 spiro atoms. The molecule has 2 fully saturated rings. The fraction of sp³-hybridized carbons (Fsp3) is 0.370. The molecule has 2 aliphatic rings. The fourth-order valence-electron chi connectivity index (χ4n) is 4.79. The SMILES string of the molecule is O=C(O[C@H]1O[C@H](C(=O)O)C(O)(O)[C@H](O)[C@H]1O)[C@H]1O[C@H](Oc2cc(O)c3c(=O)cc(-c4ccc(O)c(O)c4)oc3c2)[C@H](O)[C@@H](O)[C@@H]1O. The van der Waals surface area contributed by atoms with Gasteiger partial charge in [-0.1, -0.05) is 0 Å². The van der Waals surface area contributed by atoms with Gasteiger partial charge in [0, 0.05) is 23.8 Å². The first-order valence-corrected chi connectivity index (χ1v) is 13.1. The van der Waals surface area contributed by atoms with Crippen molar-refractivity contribution in [3.63, 3.8) is 0 Å². The second-order valence-electron chi connectivity index (χ2n) is 10.4. The highest BCUT2D eigenvalue weighted by molar-refractivity contribution is 5.86. The Balaban J connectivity index is 1.39. The number of hydrogen-bond donors (Lipinski definition) is 11. The van der Waals surface area contributed by atoms with Crippen LogP contribution in [-0.2, 0) is 23.8 Å². The van der Waals surface area contributed by atoms with E-state index < -0.39 is 95.7 Å². The maximum Gasteiger partial charge on any atom is 0.340 e. The summed E-state index contributed by atoms with van der Waals surface area (Å²) in [4.78, 5) is 37.0. The lowest BCUT2D eigenvalue weighted by Crippen LogP contribution is -2.69. The Hall–Kier alpha value is -4.57. The number of benzene rings is 2. The van der Waals surface area contributed by atoms with Crippen LogP contribution >= 0.6 is 0 Å². The van der Waals surface area contributed by atoms with Crippen molar-refractivity contribution in [1.29, 1.82) is 0 Å². The average molecular weight is 654 g/mol. The highest BCUT2D eigenvalue weighted by atomic mass is 16.8. The number of esters is 1. The first-order chi connectivity index (χ1) is 21.5. The van der Waals surface area contributed by atoms with Gasteiger partial charge in [-0.25, -0.2) is 9.59 Å². The Bertz CT molecular complexity index is 1720. The van der Waals surface area contributed by atoms with E-state index in [4.69, 9.17) is 23.4 Å². The van der Waals surface area contributed by atoms with E-state index in [2.05, 4.69) is 0 Å². The number of phenolic OH excluding ortho intramolecular Hbond substituents is 3. The molecule has 3 heterocycles. The van der Waals surface area contributed by atoms with Crippen LogP contribution < -0.4 is 10.2 Å². The molecule has 9 atom stereocenters. The van der Waals surface area contributed by atoms with Crippen LogP contribution in [0.1, 0.15) is 0 Å². The van der Waals surface area contributed by atoms with E-state index in [1.165, 1.54) is 6.07 Å². The standard InChI is InChI=1S/C27H26O19/c28-9-2-1-7(3-10(9)29)13-6-12(31)15-11(30)4-8(5-14(15)43-13)42-25-18(34)16(32)17(33)20(44-25)24(39)46-26-19(35)21(36)27(40,41)22(45-26)23(37)38/h1-6,16-22,25-26,28-30,32-36,40-41H,(H,37,38)/t16-,17-,18+,19+,20-,21+,22+,25-,26+/m0/s1. The lowest BCUT2D eigenvalue weighted by atomic mass is 9.95. The predicted octanol–water partition coefficient (Wildman–Crippen LogP) is -3.48. The highest BCUT2D eigenvalue weighted by Gasteiger charge is 2.59. The van der Waals surface area contributed by atoms with Gasteiger partial charge in [-0.05, 0) is 18.2 Å². The molecule has 0 unspecified atom stereocenters. The van der Waals surface area contributed by atoms with Crippen molar-refractivity contribution in [3.8, 4) is 34.3 Å². The summed E-state index contributed by atoms with van der Waals surface area (Å²) in [5.74, 6) is -9.32. The van der Waals surface area contributed by atoms with Crippen LogP contribution in [0.15, 0.2) is 45.6 Å². The summed E-state index contributed by atoms with van der Waals surface area (Å²) in [5.41, 5.74) is -0.863. The Morgan fingerprint density at radius 1 is 0.783 bits per heavy atom. The normalized spacial score (nSPS) is 30.9. The Kier molecular flexibility index (Phi) is 8.55. The van der Waals surface area contributed by atoms with Crippen LogP contribution in [0, 0.1) is 0 Å². The van der Waals surface area contributed by atoms with Gasteiger partial charge in [0.25, 0.3) is 0 Å². The third-order valence-electron chi connectivity index (χ3n) is 7.25. The van der Waals surface area contributed by atoms with Crippen molar-refractivity contribution in [2.75, 3.05) is 0 Å². The van der Waals surface area contributed by atoms with Gasteiger partial charge in [0.2, 0.25) is 24.5 Å². The molecule has 2 aromatic carbocycles. The molecule has 2 saturated heterocycles. The van der Waals surface area contributed by atoms with E-state index >= 15 is 0 Å². The summed E-state index contributed by atoms with van der Waals surface area (Å²) >= 11 is 0. The van der Waals surface area contributed by atoms with Crippen LogP contribution in [0.4, 0.5) is 0 Å². The summed E-state index contributed by atoms with van der Waals surface area (Å²) < 4.78 is 25.9. The topological polar surface area (TPSA) is 324 Å². The van der Waals surface area contributed by atoms with E-state index in [9.17, 15) is 70.6 Å². The van der Waals surface area contributed by atoms with Gasteiger partial charge in [0.1, 0.15) is 58.7 Å². The van der Waals surface area contributed by atoms with Crippen molar-refractivity contribution in [1.82, 2.24) is 0 Å². The zero-order chi connectivity index (χ0) is 33.8. The first-order valence-electron chi connectivity index (χ1n) is 13.1. The van der Waals surface area contributed by atoms with Crippen LogP contribution in [0.25, 0.3) is 22.3 Å². The largest absolute Gasteiger partial charge is 0.507 e. The quantitative estimate of drug-likeness (QED) is 0.0698. The van der Waals surface area contributed by atoms with Gasteiger partial charge < -0.3 is 79.5 Å². The second-order valence-corrected chi connectivity index (χ2v) is 10.4. The zero-order valence-corrected chi connectivity index (χ0v) is 22.8. The molecule has 0 radical (unpaired) electrons. The van der Waals surface area contributed by atoms with E-state index in [0.717, 1.165) is 30.3 Å². The van der Waals surface area contributed by atoms with Crippen molar-refractivity contribution < 1.29 is 89.1 Å². The zero-order valence-electron chi connectivity index (χ0n) is 22.8. The van der Waals surface area contributed by atoms with Crippen molar-refractivity contribution >= 4 is 22.9 Å². The maximum absolute atomic E-state index is 12.9. The fourth-order valence-corrected chi connectivity index (χ4v) is 4.79. The number of aliphatic hydroxyl groups excluding tert-OH is 5. The summed E-state index contributed by atoms with van der Waals surface area (Å²) in [5, 5.41) is 110. The van der Waals surface area contributed by atoms with E-state index in [1.54, 1.807) is 0 Å². The highest BCUT2D eigenvalue weighted by Crippen LogP contribution is 2.36. The smallest absolute Gasteiger partial charge is 0.340 e.